The fourth-order valence-corrected chi connectivity index (χ4v) is 2.31. The van der Waals surface area contributed by atoms with Gasteiger partial charge in [-0.3, -0.25) is 4.98 Å². The van der Waals surface area contributed by atoms with Gasteiger partial charge in [0.05, 0.1) is 0 Å². The standard InChI is InChI=1S/C9H6I2N3/c10-8-5-12-3-1-7(8)9-2-4-13-6-14(9)11/h1-6H/q+1. The summed E-state index contributed by atoms with van der Waals surface area (Å²) in [6.45, 7) is 0. The molecule has 2 aromatic rings. The zero-order valence-corrected chi connectivity index (χ0v) is 11.4. The molecular formula is C9H6I2N3+. The second-order valence-electron chi connectivity index (χ2n) is 2.63. The van der Waals surface area contributed by atoms with Gasteiger partial charge in [0, 0.05) is 27.6 Å². The first kappa shape index (κ1) is 10.2. The fourth-order valence-electron chi connectivity index (χ4n) is 1.13. The van der Waals surface area contributed by atoms with Crippen LogP contribution in [0.3, 0.4) is 0 Å². The predicted molar refractivity (Wildman–Crippen MR) is 69.8 cm³/mol. The van der Waals surface area contributed by atoms with Crippen molar-refractivity contribution in [2.24, 2.45) is 0 Å². The molecule has 5 heteroatoms. The molecule has 3 nitrogen and oxygen atoms in total. The maximum Gasteiger partial charge on any atom is 0.295 e. The normalized spacial score (nSPS) is 10.1. The lowest BCUT2D eigenvalue weighted by atomic mass is 10.2. The Balaban J connectivity index is 2.61. The van der Waals surface area contributed by atoms with Gasteiger partial charge in [0.1, 0.15) is 11.9 Å². The molecule has 0 aliphatic rings. The zero-order chi connectivity index (χ0) is 9.97. The first-order valence-electron chi connectivity index (χ1n) is 3.91. The Hall–Kier alpha value is -0.310. The van der Waals surface area contributed by atoms with Gasteiger partial charge in [0.2, 0.25) is 22.9 Å². The third-order valence-corrected chi connectivity index (χ3v) is 3.39. The summed E-state index contributed by atoms with van der Waals surface area (Å²) in [5.74, 6) is 0. The Morgan fingerprint density at radius 2 is 1.93 bits per heavy atom. The molecule has 0 saturated carbocycles. The Kier molecular flexibility index (Phi) is 3.26. The van der Waals surface area contributed by atoms with Crippen LogP contribution < -0.4 is 2.78 Å². The SMILES string of the molecule is Ic1cnccc1-c1ccnc[n+]1I. The molecule has 2 rings (SSSR count). The number of pyridine rings is 1. The first-order chi connectivity index (χ1) is 6.79. The van der Waals surface area contributed by atoms with E-state index in [1.165, 1.54) is 5.56 Å². The highest BCUT2D eigenvalue weighted by Gasteiger charge is 2.10. The van der Waals surface area contributed by atoms with Crippen molar-refractivity contribution in [1.29, 1.82) is 0 Å². The van der Waals surface area contributed by atoms with Gasteiger partial charge >= 0.3 is 0 Å². The molecule has 0 bridgehead atoms. The smallest absolute Gasteiger partial charge is 0.264 e. The van der Waals surface area contributed by atoms with Gasteiger partial charge in [-0.25, -0.2) is 0 Å². The Morgan fingerprint density at radius 3 is 2.64 bits per heavy atom. The molecule has 0 aliphatic carbocycles. The second-order valence-corrected chi connectivity index (χ2v) is 4.83. The van der Waals surface area contributed by atoms with Gasteiger partial charge in [0.15, 0.2) is 0 Å². The van der Waals surface area contributed by atoms with Crippen molar-refractivity contribution in [1.82, 2.24) is 9.97 Å². The molecular weight excluding hydrogens is 404 g/mol. The zero-order valence-electron chi connectivity index (χ0n) is 7.06. The van der Waals surface area contributed by atoms with E-state index in [1.54, 1.807) is 18.7 Å². The summed E-state index contributed by atoms with van der Waals surface area (Å²) in [4.78, 5) is 8.10. The maximum absolute atomic E-state index is 4.07. The number of hydrogen-bond acceptors (Lipinski definition) is 2. The average molecular weight is 410 g/mol. The van der Waals surface area contributed by atoms with Gasteiger partial charge in [-0.2, -0.15) is 2.78 Å². The summed E-state index contributed by atoms with van der Waals surface area (Å²) in [5, 5.41) is 0. The monoisotopic (exact) mass is 410 g/mol. The van der Waals surface area contributed by atoms with Crippen LogP contribution in [0.15, 0.2) is 37.1 Å². The average Bonchev–Trinajstić information content (AvgIpc) is 2.20. The topological polar surface area (TPSA) is 29.7 Å². The molecule has 2 aromatic heterocycles. The van der Waals surface area contributed by atoms with Crippen LogP contribution in [0.4, 0.5) is 0 Å². The number of nitrogens with zero attached hydrogens (tertiary/aromatic N) is 3. The van der Waals surface area contributed by atoms with E-state index in [2.05, 4.69) is 55.4 Å². The number of halogens is 2. The van der Waals surface area contributed by atoms with E-state index in [9.17, 15) is 0 Å². The number of aromatic nitrogens is 3. The lowest BCUT2D eigenvalue weighted by Crippen LogP contribution is -2.22. The van der Waals surface area contributed by atoms with E-state index in [4.69, 9.17) is 0 Å². The van der Waals surface area contributed by atoms with E-state index >= 15 is 0 Å². The van der Waals surface area contributed by atoms with E-state index in [0.717, 1.165) is 9.26 Å². The third kappa shape index (κ3) is 2.02. The van der Waals surface area contributed by atoms with Crippen LogP contribution in [0, 0.1) is 3.57 Å². The predicted octanol–water partition coefficient (Wildman–Crippen LogP) is 2.23. The minimum atomic E-state index is 1.13. The molecule has 0 atom stereocenters. The van der Waals surface area contributed by atoms with Gasteiger partial charge in [0.25, 0.3) is 6.33 Å². The Labute approximate surface area is 109 Å². The largest absolute Gasteiger partial charge is 0.295 e. The van der Waals surface area contributed by atoms with Crippen molar-refractivity contribution >= 4 is 45.5 Å². The highest BCUT2D eigenvalue weighted by atomic mass is 127. The summed E-state index contributed by atoms with van der Waals surface area (Å²) in [7, 11) is 0. The minimum absolute atomic E-state index is 1.13. The maximum atomic E-state index is 4.07. The number of hydrogen-bond donors (Lipinski definition) is 0. The molecule has 0 aliphatic heterocycles. The van der Waals surface area contributed by atoms with Crippen LogP contribution in [0.2, 0.25) is 0 Å². The third-order valence-electron chi connectivity index (χ3n) is 1.77. The minimum Gasteiger partial charge on any atom is -0.264 e. The molecule has 0 saturated heterocycles. The molecule has 0 aromatic carbocycles. The van der Waals surface area contributed by atoms with Gasteiger partial charge in [-0.05, 0) is 28.7 Å². The molecule has 0 radical (unpaired) electrons. The molecule has 0 fully saturated rings. The first-order valence-corrected chi connectivity index (χ1v) is 5.95. The summed E-state index contributed by atoms with van der Waals surface area (Å²) in [6.07, 6.45) is 7.23. The van der Waals surface area contributed by atoms with Crippen molar-refractivity contribution in [3.05, 3.63) is 40.6 Å². The van der Waals surface area contributed by atoms with Crippen molar-refractivity contribution in [2.45, 2.75) is 0 Å². The van der Waals surface area contributed by atoms with Crippen LogP contribution in [0.5, 0.6) is 0 Å². The quantitative estimate of drug-likeness (QED) is 0.676. The summed E-state index contributed by atoms with van der Waals surface area (Å²) in [5.41, 5.74) is 2.31. The van der Waals surface area contributed by atoms with Crippen molar-refractivity contribution in [3.63, 3.8) is 0 Å². The van der Waals surface area contributed by atoms with Gasteiger partial charge in [-0.15, -0.1) is 0 Å². The lowest BCUT2D eigenvalue weighted by molar-refractivity contribution is -0.431. The van der Waals surface area contributed by atoms with Crippen molar-refractivity contribution in [2.75, 3.05) is 0 Å². The van der Waals surface area contributed by atoms with Crippen LogP contribution in [-0.2, 0) is 0 Å². The van der Waals surface area contributed by atoms with Crippen LogP contribution in [-0.4, -0.2) is 9.97 Å². The molecule has 2 heterocycles. The lowest BCUT2D eigenvalue weighted by Gasteiger charge is -2.01. The number of rotatable bonds is 1. The summed E-state index contributed by atoms with van der Waals surface area (Å²) >= 11 is 4.49. The van der Waals surface area contributed by atoms with E-state index in [0.29, 0.717) is 0 Å². The highest BCUT2D eigenvalue weighted by molar-refractivity contribution is 14.1. The van der Waals surface area contributed by atoms with E-state index < -0.39 is 0 Å². The van der Waals surface area contributed by atoms with Crippen LogP contribution >= 0.6 is 45.5 Å². The molecule has 0 N–H and O–H groups in total. The van der Waals surface area contributed by atoms with E-state index in [1.807, 2.05) is 21.1 Å². The second kappa shape index (κ2) is 4.47. The van der Waals surface area contributed by atoms with Crippen LogP contribution in [0.25, 0.3) is 11.3 Å². The summed E-state index contributed by atoms with van der Waals surface area (Å²) < 4.78 is 3.11. The van der Waals surface area contributed by atoms with Gasteiger partial charge < -0.3 is 0 Å². The highest BCUT2D eigenvalue weighted by Crippen LogP contribution is 2.20. The van der Waals surface area contributed by atoms with Crippen LogP contribution in [0.1, 0.15) is 0 Å². The van der Waals surface area contributed by atoms with Crippen molar-refractivity contribution < 1.29 is 2.78 Å². The summed E-state index contributed by atoms with van der Waals surface area (Å²) in [6, 6.07) is 4.00. The Bertz CT molecular complexity index is 416. The van der Waals surface area contributed by atoms with Crippen molar-refractivity contribution in [3.8, 4) is 11.3 Å². The van der Waals surface area contributed by atoms with Gasteiger partial charge in [-0.1, -0.05) is 4.98 Å². The molecule has 70 valence electrons. The van der Waals surface area contributed by atoms with E-state index in [-0.39, 0.29) is 0 Å². The molecule has 14 heavy (non-hydrogen) atoms. The Morgan fingerprint density at radius 1 is 1.14 bits per heavy atom. The molecule has 0 unspecified atom stereocenters. The molecule has 0 amide bonds. The molecule has 0 spiro atoms. The fraction of sp³-hybridized carbons (Fsp3) is 0.